The molecule has 1 amide bonds. The number of fused-ring (bicyclic) bond motifs is 1. The molecule has 7 heteroatoms. The average molecular weight is 463 g/mol. The molecule has 0 N–H and O–H groups in total. The van der Waals surface area contributed by atoms with Crippen molar-refractivity contribution in [2.75, 3.05) is 27.9 Å². The molecule has 0 radical (unpaired) electrons. The number of hydrogen-bond donors (Lipinski definition) is 0. The van der Waals surface area contributed by atoms with Crippen molar-refractivity contribution in [3.8, 4) is 11.5 Å². The molecule has 0 saturated heterocycles. The Morgan fingerprint density at radius 1 is 0.909 bits per heavy atom. The van der Waals surface area contributed by atoms with E-state index in [1.807, 2.05) is 59.2 Å². The van der Waals surface area contributed by atoms with E-state index in [1.165, 1.54) is 16.9 Å². The largest absolute Gasteiger partial charge is 0.493 e. The van der Waals surface area contributed by atoms with Crippen molar-refractivity contribution in [2.24, 2.45) is 4.99 Å². The Morgan fingerprint density at radius 3 is 2.24 bits per heavy atom. The maximum Gasteiger partial charge on any atom is 0.279 e. The summed E-state index contributed by atoms with van der Waals surface area (Å²) < 4.78 is 19.1. The fraction of sp³-hybridized carbons (Fsp3) is 0.231. The van der Waals surface area contributed by atoms with Gasteiger partial charge in [-0.15, -0.1) is 0 Å². The molecule has 0 unspecified atom stereocenters. The van der Waals surface area contributed by atoms with Crippen molar-refractivity contribution in [3.05, 3.63) is 88.2 Å². The van der Waals surface area contributed by atoms with E-state index in [-0.39, 0.29) is 5.91 Å². The van der Waals surface area contributed by atoms with Crippen molar-refractivity contribution in [1.82, 2.24) is 4.57 Å². The van der Waals surface area contributed by atoms with E-state index >= 15 is 0 Å². The lowest BCUT2D eigenvalue weighted by Crippen LogP contribution is -2.19. The normalized spacial score (nSPS) is 11.7. The van der Waals surface area contributed by atoms with Crippen LogP contribution in [-0.2, 0) is 17.7 Å². The zero-order valence-corrected chi connectivity index (χ0v) is 19.7. The first kappa shape index (κ1) is 22.8. The Kier molecular flexibility index (Phi) is 7.22. The third-order valence-electron chi connectivity index (χ3n) is 5.36. The van der Waals surface area contributed by atoms with Gasteiger partial charge in [-0.05, 0) is 29.7 Å². The van der Waals surface area contributed by atoms with E-state index in [9.17, 15) is 4.79 Å². The van der Waals surface area contributed by atoms with Gasteiger partial charge in [0.1, 0.15) is 0 Å². The molecule has 1 aromatic heterocycles. The van der Waals surface area contributed by atoms with Crippen LogP contribution in [0.2, 0.25) is 0 Å². The highest BCUT2D eigenvalue weighted by Gasteiger charge is 2.14. The molecular weight excluding hydrogens is 436 g/mol. The minimum atomic E-state index is -0.280. The first-order valence-electron chi connectivity index (χ1n) is 10.6. The molecule has 0 bridgehead atoms. The molecule has 0 fully saturated rings. The number of nitrogens with zero attached hydrogens (tertiary/aromatic N) is 2. The number of hydrogen-bond acceptors (Lipinski definition) is 5. The lowest BCUT2D eigenvalue weighted by molar-refractivity contribution is 0.0997. The average Bonchev–Trinajstić information content (AvgIpc) is 3.18. The molecule has 1 heterocycles. The molecule has 0 aliphatic rings. The predicted molar refractivity (Wildman–Crippen MR) is 130 cm³/mol. The summed E-state index contributed by atoms with van der Waals surface area (Å²) in [4.78, 5) is 18.0. The Labute approximate surface area is 196 Å². The van der Waals surface area contributed by atoms with Crippen LogP contribution < -0.4 is 14.3 Å². The van der Waals surface area contributed by atoms with Gasteiger partial charge in [0, 0.05) is 31.4 Å². The molecule has 6 nitrogen and oxygen atoms in total. The molecule has 0 spiro atoms. The highest BCUT2D eigenvalue weighted by molar-refractivity contribution is 7.16. The van der Waals surface area contributed by atoms with Gasteiger partial charge in [-0.1, -0.05) is 53.8 Å². The number of rotatable bonds is 8. The minimum Gasteiger partial charge on any atom is -0.493 e. The molecule has 170 valence electrons. The molecule has 33 heavy (non-hydrogen) atoms. The van der Waals surface area contributed by atoms with Gasteiger partial charge in [0.25, 0.3) is 5.91 Å². The van der Waals surface area contributed by atoms with E-state index < -0.39 is 0 Å². The Hall–Kier alpha value is -3.42. The van der Waals surface area contributed by atoms with Crippen LogP contribution in [0, 0.1) is 0 Å². The second-order valence-electron chi connectivity index (χ2n) is 7.48. The number of ether oxygens (including phenoxy) is 3. The van der Waals surface area contributed by atoms with Crippen LogP contribution in [0.1, 0.15) is 21.5 Å². The third-order valence-corrected chi connectivity index (χ3v) is 6.40. The number of aromatic nitrogens is 1. The summed E-state index contributed by atoms with van der Waals surface area (Å²) >= 11 is 1.44. The van der Waals surface area contributed by atoms with Gasteiger partial charge in [0.15, 0.2) is 16.3 Å². The Bertz CT molecular complexity index is 1310. The Morgan fingerprint density at radius 2 is 1.58 bits per heavy atom. The topological polar surface area (TPSA) is 62.1 Å². The van der Waals surface area contributed by atoms with Crippen LogP contribution >= 0.6 is 11.3 Å². The fourth-order valence-corrected chi connectivity index (χ4v) is 4.69. The summed E-state index contributed by atoms with van der Waals surface area (Å²) in [6, 6.07) is 21.7. The Balaban J connectivity index is 1.67. The number of amides is 1. The van der Waals surface area contributed by atoms with Crippen LogP contribution in [0.5, 0.6) is 11.5 Å². The van der Waals surface area contributed by atoms with Crippen molar-refractivity contribution in [1.29, 1.82) is 0 Å². The predicted octanol–water partition coefficient (Wildman–Crippen LogP) is 4.70. The van der Waals surface area contributed by atoms with Crippen LogP contribution in [-0.4, -0.2) is 38.4 Å². The smallest absolute Gasteiger partial charge is 0.279 e. The lowest BCUT2D eigenvalue weighted by atomic mass is 10.0. The van der Waals surface area contributed by atoms with Crippen LogP contribution in [0.4, 0.5) is 0 Å². The SMILES string of the molecule is COCCn1c(=NC(=O)c2ccc(Cc3ccccc3)cc2)sc2cc(OC)c(OC)cc21. The summed E-state index contributed by atoms with van der Waals surface area (Å²) in [5, 5.41) is 0. The number of carbonyl (C=O) groups excluding carboxylic acids is 1. The molecule has 0 atom stereocenters. The van der Waals surface area contributed by atoms with E-state index in [2.05, 4.69) is 17.1 Å². The van der Waals surface area contributed by atoms with Crippen molar-refractivity contribution < 1.29 is 19.0 Å². The van der Waals surface area contributed by atoms with Crippen molar-refractivity contribution >= 4 is 27.5 Å². The molecule has 4 aromatic rings. The number of benzene rings is 3. The highest BCUT2D eigenvalue weighted by atomic mass is 32.1. The fourth-order valence-electron chi connectivity index (χ4n) is 3.63. The van der Waals surface area contributed by atoms with Gasteiger partial charge in [-0.2, -0.15) is 4.99 Å². The first-order valence-corrected chi connectivity index (χ1v) is 11.4. The van der Waals surface area contributed by atoms with Crippen LogP contribution in [0.15, 0.2) is 71.7 Å². The first-order chi connectivity index (χ1) is 16.1. The molecule has 0 aliphatic heterocycles. The number of methoxy groups -OCH3 is 3. The van der Waals surface area contributed by atoms with Gasteiger partial charge >= 0.3 is 0 Å². The summed E-state index contributed by atoms with van der Waals surface area (Å²) in [5.41, 5.74) is 3.85. The van der Waals surface area contributed by atoms with Gasteiger partial charge in [0.05, 0.1) is 31.0 Å². The summed E-state index contributed by atoms with van der Waals surface area (Å²) in [6.07, 6.45) is 0.823. The zero-order valence-electron chi connectivity index (χ0n) is 18.9. The lowest BCUT2D eigenvalue weighted by Gasteiger charge is -2.09. The molecule has 4 rings (SSSR count). The van der Waals surface area contributed by atoms with Gasteiger partial charge in [0.2, 0.25) is 0 Å². The number of thiazole rings is 1. The second kappa shape index (κ2) is 10.5. The highest BCUT2D eigenvalue weighted by Crippen LogP contribution is 2.33. The van der Waals surface area contributed by atoms with E-state index in [0.29, 0.717) is 35.0 Å². The monoisotopic (exact) mass is 462 g/mol. The van der Waals surface area contributed by atoms with Gasteiger partial charge in [-0.3, -0.25) is 4.79 Å². The summed E-state index contributed by atoms with van der Waals surface area (Å²) in [5.74, 6) is 0.982. The molecular formula is C26H26N2O4S. The van der Waals surface area contributed by atoms with Gasteiger partial charge in [-0.25, -0.2) is 0 Å². The van der Waals surface area contributed by atoms with Crippen LogP contribution in [0.3, 0.4) is 0 Å². The quantitative estimate of drug-likeness (QED) is 0.381. The third kappa shape index (κ3) is 5.16. The molecule has 0 saturated carbocycles. The minimum absolute atomic E-state index is 0.280. The van der Waals surface area contributed by atoms with E-state index in [1.54, 1.807) is 21.3 Å². The van der Waals surface area contributed by atoms with Crippen LogP contribution in [0.25, 0.3) is 10.2 Å². The summed E-state index contributed by atoms with van der Waals surface area (Å²) in [6.45, 7) is 1.06. The van der Waals surface area contributed by atoms with Crippen molar-refractivity contribution in [2.45, 2.75) is 13.0 Å². The van der Waals surface area contributed by atoms with Gasteiger partial charge < -0.3 is 18.8 Å². The van der Waals surface area contributed by atoms with Crippen molar-refractivity contribution in [3.63, 3.8) is 0 Å². The standard InChI is InChI=1S/C26H26N2O4S/c1-30-14-13-28-21-16-22(31-2)23(32-3)17-24(21)33-26(28)27-25(29)20-11-9-19(10-12-20)15-18-7-5-4-6-8-18/h4-12,16-17H,13-15H2,1-3H3. The maximum absolute atomic E-state index is 13.0. The molecule has 3 aromatic carbocycles. The van der Waals surface area contributed by atoms with E-state index in [4.69, 9.17) is 14.2 Å². The second-order valence-corrected chi connectivity index (χ2v) is 8.49. The summed E-state index contributed by atoms with van der Waals surface area (Å²) in [7, 11) is 4.86. The van der Waals surface area contributed by atoms with E-state index in [0.717, 1.165) is 22.2 Å². The maximum atomic E-state index is 13.0. The molecule has 0 aliphatic carbocycles. The number of carbonyl (C=O) groups is 1. The zero-order chi connectivity index (χ0) is 23.2.